The Morgan fingerprint density at radius 3 is 3.18 bits per heavy atom. The van der Waals surface area contributed by atoms with E-state index in [4.69, 9.17) is 9.26 Å². The molecule has 2 aromatic heterocycles. The third-order valence-corrected chi connectivity index (χ3v) is 4.58. The van der Waals surface area contributed by atoms with Crippen LogP contribution in [0.4, 0.5) is 0 Å². The van der Waals surface area contributed by atoms with E-state index in [1.807, 2.05) is 6.07 Å². The molecular formula is C15H16N4O2S. The molecule has 1 saturated heterocycles. The number of ether oxygens (including phenoxy) is 1. The van der Waals surface area contributed by atoms with Gasteiger partial charge in [-0.25, -0.2) is 4.98 Å². The van der Waals surface area contributed by atoms with Crippen LogP contribution in [0.1, 0.15) is 29.6 Å². The lowest BCUT2D eigenvalue weighted by Gasteiger charge is -1.97. The predicted octanol–water partition coefficient (Wildman–Crippen LogP) is 3.05. The van der Waals surface area contributed by atoms with Crippen LogP contribution in [0.2, 0.25) is 0 Å². The van der Waals surface area contributed by atoms with E-state index in [0.717, 1.165) is 35.0 Å². The molecule has 1 atom stereocenters. The highest BCUT2D eigenvalue weighted by molar-refractivity contribution is 7.98. The van der Waals surface area contributed by atoms with Crippen LogP contribution in [-0.4, -0.2) is 33.3 Å². The third kappa shape index (κ3) is 2.74. The van der Waals surface area contributed by atoms with E-state index in [2.05, 4.69) is 39.2 Å². The summed E-state index contributed by atoms with van der Waals surface area (Å²) in [6.07, 6.45) is 0.967. The highest BCUT2D eigenvalue weighted by Crippen LogP contribution is 2.26. The zero-order valence-electron chi connectivity index (χ0n) is 12.2. The van der Waals surface area contributed by atoms with E-state index < -0.39 is 0 Å². The van der Waals surface area contributed by atoms with Gasteiger partial charge in [0.25, 0.3) is 0 Å². The standard InChI is InChI=1S/C15H16N4O2S/c1-9-2-3-11-12(6-9)17-15(16-11)22-8-13-18-14(19-21-13)10-4-5-20-7-10/h2-3,6,10H,4-5,7-8H2,1H3,(H,16,17)/t10-/m0/s1. The fraction of sp³-hybridized carbons (Fsp3) is 0.400. The highest BCUT2D eigenvalue weighted by atomic mass is 32.2. The van der Waals surface area contributed by atoms with Crippen LogP contribution in [0.5, 0.6) is 0 Å². The van der Waals surface area contributed by atoms with Crippen LogP contribution in [0.25, 0.3) is 11.0 Å². The van der Waals surface area contributed by atoms with Crippen LogP contribution in [0.3, 0.4) is 0 Å². The molecule has 0 unspecified atom stereocenters. The van der Waals surface area contributed by atoms with Gasteiger partial charge in [-0.3, -0.25) is 0 Å². The molecule has 0 radical (unpaired) electrons. The first-order valence-electron chi connectivity index (χ1n) is 7.27. The second kappa shape index (κ2) is 5.73. The van der Waals surface area contributed by atoms with E-state index >= 15 is 0 Å². The maximum absolute atomic E-state index is 5.35. The number of imidazole rings is 1. The Labute approximate surface area is 131 Å². The predicted molar refractivity (Wildman–Crippen MR) is 82.9 cm³/mol. The van der Waals surface area contributed by atoms with Crippen molar-refractivity contribution in [2.75, 3.05) is 13.2 Å². The van der Waals surface area contributed by atoms with Crippen molar-refractivity contribution in [2.24, 2.45) is 0 Å². The number of rotatable bonds is 4. The normalized spacial score (nSPS) is 18.3. The molecule has 22 heavy (non-hydrogen) atoms. The molecule has 3 aromatic rings. The zero-order chi connectivity index (χ0) is 14.9. The summed E-state index contributed by atoms with van der Waals surface area (Å²) in [5, 5.41) is 4.92. The Kier molecular flexibility index (Phi) is 3.59. The monoisotopic (exact) mass is 316 g/mol. The van der Waals surface area contributed by atoms with Gasteiger partial charge in [-0.15, -0.1) is 0 Å². The molecule has 7 heteroatoms. The lowest BCUT2D eigenvalue weighted by molar-refractivity contribution is 0.192. The number of H-pyrrole nitrogens is 1. The molecule has 0 bridgehead atoms. The van der Waals surface area contributed by atoms with Gasteiger partial charge in [-0.1, -0.05) is 23.0 Å². The molecular weight excluding hydrogens is 300 g/mol. The minimum absolute atomic E-state index is 0.275. The van der Waals surface area contributed by atoms with Crippen molar-refractivity contribution in [2.45, 2.75) is 30.2 Å². The number of aromatic nitrogens is 4. The zero-order valence-corrected chi connectivity index (χ0v) is 13.0. The molecule has 0 spiro atoms. The molecule has 0 saturated carbocycles. The number of benzene rings is 1. The number of nitrogens with zero attached hydrogens (tertiary/aromatic N) is 3. The SMILES string of the molecule is Cc1ccc2nc(SCc3nc([C@H]4CCOC4)no3)[nH]c2c1. The summed E-state index contributed by atoms with van der Waals surface area (Å²) < 4.78 is 10.7. The molecule has 1 aliphatic rings. The Morgan fingerprint density at radius 2 is 2.32 bits per heavy atom. The summed E-state index contributed by atoms with van der Waals surface area (Å²) in [7, 11) is 0. The van der Waals surface area contributed by atoms with Crippen molar-refractivity contribution in [3.8, 4) is 0 Å². The van der Waals surface area contributed by atoms with E-state index in [9.17, 15) is 0 Å². The van der Waals surface area contributed by atoms with Gasteiger partial charge in [0.15, 0.2) is 11.0 Å². The maximum Gasteiger partial charge on any atom is 0.237 e. The number of fused-ring (bicyclic) bond motifs is 1. The lowest BCUT2D eigenvalue weighted by atomic mass is 10.1. The van der Waals surface area contributed by atoms with Crippen molar-refractivity contribution < 1.29 is 9.26 Å². The van der Waals surface area contributed by atoms with Gasteiger partial charge in [0.05, 0.1) is 23.4 Å². The second-order valence-electron chi connectivity index (χ2n) is 5.46. The maximum atomic E-state index is 5.35. The Bertz CT molecular complexity index is 792. The lowest BCUT2D eigenvalue weighted by Crippen LogP contribution is -1.99. The van der Waals surface area contributed by atoms with Gasteiger partial charge in [0.2, 0.25) is 5.89 Å². The number of nitrogens with one attached hydrogen (secondary N) is 1. The number of thioether (sulfide) groups is 1. The fourth-order valence-corrected chi connectivity index (χ4v) is 3.25. The van der Waals surface area contributed by atoms with Crippen molar-refractivity contribution in [1.82, 2.24) is 20.1 Å². The largest absolute Gasteiger partial charge is 0.381 e. The highest BCUT2D eigenvalue weighted by Gasteiger charge is 2.23. The molecule has 114 valence electrons. The van der Waals surface area contributed by atoms with Crippen molar-refractivity contribution in [1.29, 1.82) is 0 Å². The van der Waals surface area contributed by atoms with E-state index in [1.165, 1.54) is 5.56 Å². The summed E-state index contributed by atoms with van der Waals surface area (Å²) in [6, 6.07) is 6.18. The summed E-state index contributed by atoms with van der Waals surface area (Å²) in [6.45, 7) is 3.54. The average Bonchev–Trinajstić information content (AvgIpc) is 3.24. The summed E-state index contributed by atoms with van der Waals surface area (Å²) >= 11 is 1.57. The van der Waals surface area contributed by atoms with Gasteiger partial charge >= 0.3 is 0 Å². The quantitative estimate of drug-likeness (QED) is 0.746. The first-order chi connectivity index (χ1) is 10.8. The molecule has 0 amide bonds. The Hall–Kier alpha value is -1.86. The minimum atomic E-state index is 0.275. The molecule has 1 N–H and O–H groups in total. The summed E-state index contributed by atoms with van der Waals surface area (Å²) in [5.74, 6) is 2.27. The van der Waals surface area contributed by atoms with E-state index in [-0.39, 0.29) is 5.92 Å². The number of aromatic amines is 1. The Balaban J connectivity index is 1.44. The van der Waals surface area contributed by atoms with Crippen LogP contribution >= 0.6 is 11.8 Å². The number of aryl methyl sites for hydroxylation is 1. The van der Waals surface area contributed by atoms with Gasteiger partial charge in [0.1, 0.15) is 0 Å². The van der Waals surface area contributed by atoms with Gasteiger partial charge in [-0.05, 0) is 31.0 Å². The van der Waals surface area contributed by atoms with Gasteiger partial charge in [0, 0.05) is 12.5 Å². The molecule has 3 heterocycles. The van der Waals surface area contributed by atoms with E-state index in [0.29, 0.717) is 18.3 Å². The second-order valence-corrected chi connectivity index (χ2v) is 6.42. The third-order valence-electron chi connectivity index (χ3n) is 3.73. The smallest absolute Gasteiger partial charge is 0.237 e. The number of hydrogen-bond acceptors (Lipinski definition) is 6. The average molecular weight is 316 g/mol. The fourth-order valence-electron chi connectivity index (χ4n) is 2.53. The molecule has 1 aliphatic heterocycles. The van der Waals surface area contributed by atoms with Crippen LogP contribution < -0.4 is 0 Å². The van der Waals surface area contributed by atoms with Gasteiger partial charge in [-0.2, -0.15) is 4.98 Å². The van der Waals surface area contributed by atoms with Crippen LogP contribution in [0, 0.1) is 6.92 Å². The first kappa shape index (κ1) is 13.8. The molecule has 1 aromatic carbocycles. The van der Waals surface area contributed by atoms with Crippen LogP contribution in [-0.2, 0) is 10.5 Å². The topological polar surface area (TPSA) is 76.8 Å². The van der Waals surface area contributed by atoms with Gasteiger partial charge < -0.3 is 14.2 Å². The van der Waals surface area contributed by atoms with Crippen LogP contribution in [0.15, 0.2) is 27.9 Å². The summed E-state index contributed by atoms with van der Waals surface area (Å²) in [5.41, 5.74) is 3.24. The molecule has 4 rings (SSSR count). The molecule has 0 aliphatic carbocycles. The Morgan fingerprint density at radius 1 is 1.36 bits per heavy atom. The van der Waals surface area contributed by atoms with Crippen molar-refractivity contribution >= 4 is 22.8 Å². The number of hydrogen-bond donors (Lipinski definition) is 1. The van der Waals surface area contributed by atoms with E-state index in [1.54, 1.807) is 11.8 Å². The summed E-state index contributed by atoms with van der Waals surface area (Å²) in [4.78, 5) is 12.3. The minimum Gasteiger partial charge on any atom is -0.381 e. The first-order valence-corrected chi connectivity index (χ1v) is 8.26. The van der Waals surface area contributed by atoms with Crippen molar-refractivity contribution in [3.05, 3.63) is 35.5 Å². The van der Waals surface area contributed by atoms with Crippen molar-refractivity contribution in [3.63, 3.8) is 0 Å². The molecule has 6 nitrogen and oxygen atoms in total. The molecule has 1 fully saturated rings.